The molecule has 10 nitrogen and oxygen atoms in total. The molecule has 2 rings (SSSR count). The maximum atomic E-state index is 12.3. The van der Waals surface area contributed by atoms with Crippen LogP contribution in [0.25, 0.3) is 0 Å². The Kier molecular flexibility index (Phi) is 7.94. The Balaban J connectivity index is 0.000000568. The molecule has 0 radical (unpaired) electrons. The van der Waals surface area contributed by atoms with Crippen LogP contribution in [-0.2, 0) is 24.2 Å². The minimum Gasteiger partial charge on any atom is -0.495 e. The number of ether oxygens (including phenoxy) is 1. The summed E-state index contributed by atoms with van der Waals surface area (Å²) >= 11 is 0. The molecule has 1 saturated heterocycles. The van der Waals surface area contributed by atoms with Crippen LogP contribution in [0.2, 0.25) is 0 Å². The maximum absolute atomic E-state index is 12.3. The van der Waals surface area contributed by atoms with Gasteiger partial charge in [-0.05, 0) is 32.4 Å². The third kappa shape index (κ3) is 7.16. The molecule has 28 heavy (non-hydrogen) atoms. The monoisotopic (exact) mass is 416 g/mol. The Hall–Kier alpha value is -2.66. The van der Waals surface area contributed by atoms with Crippen molar-refractivity contribution in [1.29, 1.82) is 0 Å². The first-order chi connectivity index (χ1) is 12.9. The van der Waals surface area contributed by atoms with Gasteiger partial charge in [-0.25, -0.2) is 18.0 Å². The van der Waals surface area contributed by atoms with Gasteiger partial charge in [0.2, 0.25) is 5.91 Å². The number of para-hydroxylation sites is 2. The van der Waals surface area contributed by atoms with Crippen molar-refractivity contribution in [3.63, 3.8) is 0 Å². The highest BCUT2D eigenvalue weighted by atomic mass is 32.2. The van der Waals surface area contributed by atoms with E-state index in [1.54, 1.807) is 25.1 Å². The molecule has 0 aromatic heterocycles. The number of carboxylic acids is 2. The second-order valence-corrected chi connectivity index (χ2v) is 8.75. The van der Waals surface area contributed by atoms with E-state index in [-0.39, 0.29) is 17.4 Å². The zero-order valence-corrected chi connectivity index (χ0v) is 16.6. The average Bonchev–Trinajstić information content (AvgIpc) is 2.88. The second-order valence-electron chi connectivity index (χ2n) is 6.57. The van der Waals surface area contributed by atoms with Crippen molar-refractivity contribution in [2.45, 2.75) is 31.8 Å². The normalized spacial score (nSPS) is 21.0. The minimum atomic E-state index is -3.01. The molecule has 1 fully saturated rings. The smallest absolute Gasteiger partial charge is 0.414 e. The maximum Gasteiger partial charge on any atom is 0.414 e. The zero-order valence-electron chi connectivity index (χ0n) is 15.8. The highest BCUT2D eigenvalue weighted by Crippen LogP contribution is 2.25. The Bertz CT molecular complexity index is 827. The first-order valence-electron chi connectivity index (χ1n) is 8.27. The Morgan fingerprint density at radius 1 is 1.18 bits per heavy atom. The number of hydrogen-bond acceptors (Lipinski definition) is 7. The van der Waals surface area contributed by atoms with E-state index < -0.39 is 33.4 Å². The SMILES string of the molecule is COc1ccccc1NC(=O)C(C)NC1(C)CCS(=O)(=O)C1.O=C(O)C(=O)O. The molecule has 156 valence electrons. The molecule has 1 aliphatic heterocycles. The predicted octanol–water partition coefficient (Wildman–Crippen LogP) is 0.345. The molecule has 1 aromatic carbocycles. The summed E-state index contributed by atoms with van der Waals surface area (Å²) in [6.07, 6.45) is 0.515. The van der Waals surface area contributed by atoms with Crippen molar-refractivity contribution in [2.24, 2.45) is 0 Å². The summed E-state index contributed by atoms with van der Waals surface area (Å²) in [6, 6.07) is 6.63. The molecule has 0 aliphatic carbocycles. The van der Waals surface area contributed by atoms with Crippen LogP contribution in [0.5, 0.6) is 5.75 Å². The minimum absolute atomic E-state index is 0.0618. The lowest BCUT2D eigenvalue weighted by Gasteiger charge is -2.28. The molecule has 2 atom stereocenters. The summed E-state index contributed by atoms with van der Waals surface area (Å²) in [7, 11) is -1.47. The quantitative estimate of drug-likeness (QED) is 0.497. The van der Waals surface area contributed by atoms with Crippen molar-refractivity contribution in [3.05, 3.63) is 24.3 Å². The second kappa shape index (κ2) is 9.51. The summed E-state index contributed by atoms with van der Waals surface area (Å²) in [5.41, 5.74) is 0.0314. The number of carbonyl (C=O) groups is 3. The molecule has 11 heteroatoms. The van der Waals surface area contributed by atoms with Crippen LogP contribution in [0.4, 0.5) is 5.69 Å². The molecular weight excluding hydrogens is 392 g/mol. The molecule has 0 bridgehead atoms. The third-order valence-corrected chi connectivity index (χ3v) is 5.91. The first kappa shape index (κ1) is 23.4. The van der Waals surface area contributed by atoms with E-state index in [1.165, 1.54) is 7.11 Å². The molecule has 1 aromatic rings. The van der Waals surface area contributed by atoms with E-state index >= 15 is 0 Å². The van der Waals surface area contributed by atoms with E-state index in [0.29, 0.717) is 17.9 Å². The number of amides is 1. The van der Waals surface area contributed by atoms with Crippen LogP contribution < -0.4 is 15.4 Å². The molecule has 0 saturated carbocycles. The summed E-state index contributed by atoms with van der Waals surface area (Å²) in [5, 5.41) is 20.7. The van der Waals surface area contributed by atoms with E-state index in [9.17, 15) is 13.2 Å². The Morgan fingerprint density at radius 2 is 1.75 bits per heavy atom. The van der Waals surface area contributed by atoms with Crippen molar-refractivity contribution >= 4 is 33.4 Å². The van der Waals surface area contributed by atoms with Crippen molar-refractivity contribution in [2.75, 3.05) is 23.9 Å². The Morgan fingerprint density at radius 3 is 2.21 bits per heavy atom. The topological polar surface area (TPSA) is 159 Å². The van der Waals surface area contributed by atoms with E-state index in [4.69, 9.17) is 24.5 Å². The molecule has 0 spiro atoms. The van der Waals surface area contributed by atoms with Crippen LogP contribution >= 0.6 is 0 Å². The largest absolute Gasteiger partial charge is 0.495 e. The summed E-state index contributed by atoms with van der Waals surface area (Å²) < 4.78 is 28.4. The molecule has 1 amide bonds. The molecule has 1 aliphatic rings. The van der Waals surface area contributed by atoms with Gasteiger partial charge < -0.3 is 20.3 Å². The first-order valence-corrected chi connectivity index (χ1v) is 10.1. The lowest BCUT2D eigenvalue weighted by molar-refractivity contribution is -0.159. The number of methoxy groups -OCH3 is 1. The van der Waals surface area contributed by atoms with Gasteiger partial charge in [0, 0.05) is 5.54 Å². The number of carboxylic acid groups (broad SMARTS) is 2. The van der Waals surface area contributed by atoms with Gasteiger partial charge in [0.05, 0.1) is 30.3 Å². The fraction of sp³-hybridized carbons (Fsp3) is 0.471. The van der Waals surface area contributed by atoms with Gasteiger partial charge in [-0.15, -0.1) is 0 Å². The van der Waals surface area contributed by atoms with Crippen LogP contribution in [0.15, 0.2) is 24.3 Å². The number of rotatable bonds is 5. The zero-order chi connectivity index (χ0) is 21.5. The predicted molar refractivity (Wildman–Crippen MR) is 101 cm³/mol. The number of benzene rings is 1. The number of anilines is 1. The van der Waals surface area contributed by atoms with E-state index in [2.05, 4.69) is 10.6 Å². The van der Waals surface area contributed by atoms with Crippen molar-refractivity contribution in [3.8, 4) is 5.75 Å². The molecule has 4 N–H and O–H groups in total. The van der Waals surface area contributed by atoms with Gasteiger partial charge in [-0.3, -0.25) is 10.1 Å². The fourth-order valence-electron chi connectivity index (χ4n) is 2.70. The average molecular weight is 416 g/mol. The van der Waals surface area contributed by atoms with Gasteiger partial charge in [-0.1, -0.05) is 12.1 Å². The van der Waals surface area contributed by atoms with Gasteiger partial charge in [0.1, 0.15) is 5.75 Å². The fourth-order valence-corrected chi connectivity index (χ4v) is 4.81. The highest BCUT2D eigenvalue weighted by molar-refractivity contribution is 7.91. The summed E-state index contributed by atoms with van der Waals surface area (Å²) in [6.45, 7) is 3.56. The lowest BCUT2D eigenvalue weighted by atomic mass is 10.0. The van der Waals surface area contributed by atoms with Crippen molar-refractivity contribution < 1.29 is 37.8 Å². The van der Waals surface area contributed by atoms with E-state index in [1.807, 2.05) is 13.0 Å². The van der Waals surface area contributed by atoms with Gasteiger partial charge >= 0.3 is 11.9 Å². The number of sulfone groups is 1. The number of hydrogen-bond donors (Lipinski definition) is 4. The van der Waals surface area contributed by atoms with E-state index in [0.717, 1.165) is 0 Å². The highest BCUT2D eigenvalue weighted by Gasteiger charge is 2.39. The van der Waals surface area contributed by atoms with Crippen molar-refractivity contribution in [1.82, 2.24) is 5.32 Å². The number of nitrogens with one attached hydrogen (secondary N) is 2. The molecule has 1 heterocycles. The summed E-state index contributed by atoms with van der Waals surface area (Å²) in [5.74, 6) is -3.07. The van der Waals surface area contributed by atoms with Gasteiger partial charge in [0.25, 0.3) is 0 Å². The third-order valence-electron chi connectivity index (χ3n) is 4.01. The summed E-state index contributed by atoms with van der Waals surface area (Å²) in [4.78, 5) is 30.5. The number of carbonyl (C=O) groups excluding carboxylic acids is 1. The van der Waals surface area contributed by atoms with Crippen LogP contribution in [0.3, 0.4) is 0 Å². The Labute approximate surface area is 162 Å². The van der Waals surface area contributed by atoms with Gasteiger partial charge in [0.15, 0.2) is 9.84 Å². The van der Waals surface area contributed by atoms with Crippen LogP contribution in [0.1, 0.15) is 20.3 Å². The standard InChI is InChI=1S/C15H22N2O4S.C2H2O4/c1-11(17-15(2)8-9-22(19,20)10-15)14(18)16-12-6-4-5-7-13(12)21-3;3-1(4)2(5)6/h4-7,11,17H,8-10H2,1-3H3,(H,16,18);(H,3,4)(H,5,6). The lowest BCUT2D eigenvalue weighted by Crippen LogP contribution is -2.52. The number of aliphatic carboxylic acids is 2. The van der Waals surface area contributed by atoms with Crippen LogP contribution in [-0.4, -0.2) is 66.7 Å². The van der Waals surface area contributed by atoms with Gasteiger partial charge in [-0.2, -0.15) is 0 Å². The molecule has 2 unspecified atom stereocenters. The van der Waals surface area contributed by atoms with Crippen LogP contribution in [0, 0.1) is 0 Å². The molecular formula is C17H24N2O8S.